The van der Waals surface area contributed by atoms with E-state index in [1.54, 1.807) is 13.2 Å². The Labute approximate surface area is 262 Å². The third-order valence-electron chi connectivity index (χ3n) is 9.64. The summed E-state index contributed by atoms with van der Waals surface area (Å²) in [7, 11) is 3.56. The molecule has 2 heterocycles. The highest BCUT2D eigenvalue weighted by atomic mass is 16.6. The van der Waals surface area contributed by atoms with E-state index >= 15 is 0 Å². The molecule has 246 valence electrons. The van der Waals surface area contributed by atoms with Crippen LogP contribution in [0.2, 0.25) is 0 Å². The molecule has 2 aliphatic carbocycles. The first kappa shape index (κ1) is 32.7. The minimum absolute atomic E-state index is 0.160. The minimum Gasteiger partial charge on any atom is -0.493 e. The second-order valence-electron chi connectivity index (χ2n) is 12.4. The second-order valence-corrected chi connectivity index (χ2v) is 12.4. The lowest BCUT2D eigenvalue weighted by Crippen LogP contribution is -2.74. The van der Waals surface area contributed by atoms with Gasteiger partial charge in [-0.25, -0.2) is 14.4 Å². The summed E-state index contributed by atoms with van der Waals surface area (Å²) in [6, 6.07) is 2.75. The van der Waals surface area contributed by atoms with Crippen molar-refractivity contribution in [3.63, 3.8) is 0 Å². The second kappa shape index (κ2) is 12.6. The average Bonchev–Trinajstić information content (AvgIpc) is 3.35. The Morgan fingerprint density at radius 3 is 2.53 bits per heavy atom. The summed E-state index contributed by atoms with van der Waals surface area (Å²) in [5.74, 6) is -1.70. The third kappa shape index (κ3) is 5.55. The molecule has 1 amide bonds. The molecule has 1 spiro atoms. The molecular formula is C32H43N3O10. The van der Waals surface area contributed by atoms with E-state index in [2.05, 4.69) is 10.2 Å². The Hall–Kier alpha value is -3.68. The first-order valence-corrected chi connectivity index (χ1v) is 15.5. The number of hydrogen-bond acceptors (Lipinski definition) is 12. The zero-order valence-electron chi connectivity index (χ0n) is 26.4. The van der Waals surface area contributed by atoms with Crippen LogP contribution < -0.4 is 20.5 Å². The highest BCUT2D eigenvalue weighted by Crippen LogP contribution is 2.65. The molecule has 7 atom stereocenters. The summed E-state index contributed by atoms with van der Waals surface area (Å²) in [6.07, 6.45) is 1.17. The number of amides is 1. The smallest absolute Gasteiger partial charge is 0.352 e. The molecule has 4 aliphatic rings. The van der Waals surface area contributed by atoms with Gasteiger partial charge in [-0.15, -0.1) is 0 Å². The molecule has 5 rings (SSSR count). The number of nitrogens with two attached hydrogens (primary N) is 1. The number of likely N-dealkylation sites (tertiary alicyclic amines) is 1. The molecule has 1 saturated heterocycles. The van der Waals surface area contributed by atoms with Gasteiger partial charge in [-0.2, -0.15) is 0 Å². The van der Waals surface area contributed by atoms with Crippen LogP contribution in [0.1, 0.15) is 64.0 Å². The molecule has 1 fully saturated rings. The summed E-state index contributed by atoms with van der Waals surface area (Å²) >= 11 is 0. The summed E-state index contributed by atoms with van der Waals surface area (Å²) in [5.41, 5.74) is 5.46. The van der Waals surface area contributed by atoms with E-state index < -0.39 is 59.2 Å². The maximum Gasteiger partial charge on any atom is 0.352 e. The van der Waals surface area contributed by atoms with Gasteiger partial charge in [0.05, 0.1) is 18.1 Å². The third-order valence-corrected chi connectivity index (χ3v) is 9.64. The molecule has 0 aromatic heterocycles. The number of hydrogen-bond donors (Lipinski definition) is 3. The van der Waals surface area contributed by atoms with E-state index in [-0.39, 0.29) is 18.2 Å². The first-order chi connectivity index (χ1) is 21.4. The quantitative estimate of drug-likeness (QED) is 0.170. The predicted molar refractivity (Wildman–Crippen MR) is 159 cm³/mol. The highest BCUT2D eigenvalue weighted by molar-refractivity contribution is 5.86. The summed E-state index contributed by atoms with van der Waals surface area (Å²) in [4.78, 5) is 52.5. The van der Waals surface area contributed by atoms with E-state index in [0.29, 0.717) is 56.7 Å². The van der Waals surface area contributed by atoms with Gasteiger partial charge in [-0.05, 0) is 83.8 Å². The molecule has 13 heteroatoms. The molecular weight excluding hydrogens is 586 g/mol. The van der Waals surface area contributed by atoms with Gasteiger partial charge in [-0.3, -0.25) is 4.79 Å². The van der Waals surface area contributed by atoms with Crippen LogP contribution in [-0.2, 0) is 45.2 Å². The Morgan fingerprint density at radius 2 is 1.84 bits per heavy atom. The van der Waals surface area contributed by atoms with Crippen molar-refractivity contribution in [3.05, 3.63) is 35.1 Å². The first-order valence-electron chi connectivity index (χ1n) is 15.5. The fraction of sp³-hybridized carbons (Fsp3) is 0.625. The van der Waals surface area contributed by atoms with Crippen molar-refractivity contribution >= 4 is 23.8 Å². The Bertz CT molecular complexity index is 1400. The van der Waals surface area contributed by atoms with Gasteiger partial charge in [-0.1, -0.05) is 6.07 Å². The fourth-order valence-electron chi connectivity index (χ4n) is 7.40. The molecule has 4 N–H and O–H groups in total. The summed E-state index contributed by atoms with van der Waals surface area (Å²) in [6.45, 7) is 5.10. The lowest BCUT2D eigenvalue weighted by atomic mass is 9.50. The molecule has 13 nitrogen and oxygen atoms in total. The van der Waals surface area contributed by atoms with Crippen LogP contribution in [0.4, 0.5) is 0 Å². The fourth-order valence-corrected chi connectivity index (χ4v) is 7.40. The van der Waals surface area contributed by atoms with Crippen molar-refractivity contribution in [2.24, 2.45) is 5.73 Å². The van der Waals surface area contributed by atoms with Crippen molar-refractivity contribution in [2.75, 3.05) is 27.2 Å². The number of esters is 3. The van der Waals surface area contributed by atoms with Gasteiger partial charge in [0.15, 0.2) is 29.8 Å². The number of nitrogens with zero attached hydrogens (tertiary/aromatic N) is 1. The largest absolute Gasteiger partial charge is 0.493 e. The number of methoxy groups -OCH3 is 1. The number of carbonyl (C=O) groups excluding carboxylic acids is 4. The zero-order chi connectivity index (χ0) is 32.7. The molecule has 2 bridgehead atoms. The highest BCUT2D eigenvalue weighted by Gasteiger charge is 2.72. The van der Waals surface area contributed by atoms with Crippen LogP contribution in [0.15, 0.2) is 24.0 Å². The maximum atomic E-state index is 13.3. The van der Waals surface area contributed by atoms with Gasteiger partial charge >= 0.3 is 17.9 Å². The predicted octanol–water partition coefficient (Wildman–Crippen LogP) is 1.01. The normalized spacial score (nSPS) is 27.9. The molecule has 1 aromatic rings. The van der Waals surface area contributed by atoms with Crippen LogP contribution >= 0.6 is 0 Å². The number of unbranched alkanes of at least 4 members (excludes halogenated alkanes) is 1. The molecule has 3 unspecified atom stereocenters. The maximum absolute atomic E-state index is 13.3. The molecule has 2 aliphatic heterocycles. The lowest BCUT2D eigenvalue weighted by molar-refractivity contribution is -0.180. The van der Waals surface area contributed by atoms with Crippen LogP contribution in [-0.4, -0.2) is 97.1 Å². The monoisotopic (exact) mass is 629 g/mol. The van der Waals surface area contributed by atoms with Gasteiger partial charge in [0, 0.05) is 24.9 Å². The van der Waals surface area contributed by atoms with Gasteiger partial charge < -0.3 is 44.7 Å². The van der Waals surface area contributed by atoms with Crippen molar-refractivity contribution in [2.45, 2.75) is 101 Å². The number of likely N-dealkylation sites (N-methyl/N-ethyl adjacent to an activating group) is 1. The molecule has 0 radical (unpaired) electrons. The minimum atomic E-state index is -1.35. The Morgan fingerprint density at radius 1 is 1.13 bits per heavy atom. The van der Waals surface area contributed by atoms with Crippen LogP contribution in [0.25, 0.3) is 0 Å². The number of aliphatic hydroxyl groups is 1. The standard InChI is InChI=1S/C32H43N3O10/c1-17(43-30(39)21(34-19(3)36)8-6-7-14-33)28(37)42-18(2)29(38)44-23-11-12-32(40)24-16-20-9-10-22(41-5)26-25(20)31(32,27(23)45-26)13-15-35(24)4/h9-11,17-18,21,24,27,40H,6-8,12-16,33H2,1-5H3,(H,34,36)/t17?,18?,21?,24-,27+,31+,32-/m1/s1. The number of carbonyl (C=O) groups is 4. The van der Waals surface area contributed by atoms with E-state index in [1.807, 2.05) is 19.2 Å². The number of piperidine rings is 1. The number of ether oxygens (including phenoxy) is 5. The van der Waals surface area contributed by atoms with E-state index in [9.17, 15) is 24.3 Å². The summed E-state index contributed by atoms with van der Waals surface area (Å²) in [5, 5.41) is 14.8. The molecule has 0 saturated carbocycles. The van der Waals surface area contributed by atoms with Gasteiger partial charge in [0.25, 0.3) is 0 Å². The number of nitrogens with one attached hydrogen (secondary N) is 1. The van der Waals surface area contributed by atoms with Crippen molar-refractivity contribution in [1.82, 2.24) is 10.2 Å². The van der Waals surface area contributed by atoms with Crippen LogP contribution in [0.5, 0.6) is 11.5 Å². The summed E-state index contributed by atoms with van der Waals surface area (Å²) < 4.78 is 28.5. The van der Waals surface area contributed by atoms with E-state index in [1.165, 1.54) is 20.8 Å². The molecule has 1 aromatic carbocycles. The van der Waals surface area contributed by atoms with Crippen molar-refractivity contribution in [3.8, 4) is 11.5 Å². The van der Waals surface area contributed by atoms with Crippen LogP contribution in [0, 0.1) is 0 Å². The Balaban J connectivity index is 1.28. The van der Waals surface area contributed by atoms with E-state index in [0.717, 1.165) is 11.1 Å². The number of benzene rings is 1. The lowest BCUT2D eigenvalue weighted by Gasteiger charge is -2.61. The Kier molecular flexibility index (Phi) is 9.16. The zero-order valence-corrected chi connectivity index (χ0v) is 26.4. The number of rotatable bonds is 12. The van der Waals surface area contributed by atoms with Crippen molar-refractivity contribution in [1.29, 1.82) is 0 Å². The van der Waals surface area contributed by atoms with Gasteiger partial charge in [0.2, 0.25) is 5.91 Å². The topological polar surface area (TPSA) is 176 Å². The van der Waals surface area contributed by atoms with E-state index in [4.69, 9.17) is 29.4 Å². The SMILES string of the molecule is COc1ccc2c3c1O[C@H]1C(OC(=O)C(C)OC(=O)C(C)OC(=O)C(CCCCN)NC(C)=O)=CC[C@@]4(O)[C@@H](C2)N(C)CC[C@]314. The van der Waals surface area contributed by atoms with Crippen molar-refractivity contribution < 1.29 is 48.0 Å². The molecule has 45 heavy (non-hydrogen) atoms. The van der Waals surface area contributed by atoms with Crippen LogP contribution in [0.3, 0.4) is 0 Å². The average molecular weight is 630 g/mol. The van der Waals surface area contributed by atoms with Gasteiger partial charge in [0.1, 0.15) is 11.8 Å².